The molecular weight excluding hydrogens is 566 g/mol. The van der Waals surface area contributed by atoms with Gasteiger partial charge in [0, 0.05) is 55.6 Å². The molecule has 0 unspecified atom stereocenters. The van der Waals surface area contributed by atoms with Crippen LogP contribution in [0.1, 0.15) is 112 Å². The summed E-state index contributed by atoms with van der Waals surface area (Å²) in [6.07, 6.45) is 22.4. The predicted molar refractivity (Wildman–Crippen MR) is 197 cm³/mol. The molecule has 2 heterocycles. The van der Waals surface area contributed by atoms with E-state index >= 15 is 0 Å². The number of hydrogen-bond donors (Lipinski definition) is 2. The lowest BCUT2D eigenvalue weighted by molar-refractivity contribution is 0.102. The third-order valence-corrected chi connectivity index (χ3v) is 8.41. The van der Waals surface area contributed by atoms with E-state index in [1.54, 1.807) is 0 Å². The summed E-state index contributed by atoms with van der Waals surface area (Å²) in [4.78, 5) is 22.6. The first-order chi connectivity index (χ1) is 22.6. The van der Waals surface area contributed by atoms with Crippen LogP contribution in [-0.2, 0) is 13.5 Å². The van der Waals surface area contributed by atoms with Crippen molar-refractivity contribution in [2.75, 3.05) is 18.4 Å². The third-order valence-electron chi connectivity index (χ3n) is 8.41. The number of anilines is 1. The molecule has 4 aromatic rings. The van der Waals surface area contributed by atoms with Crippen LogP contribution in [0.5, 0.6) is 0 Å². The number of pyridine rings is 1. The Kier molecular flexibility index (Phi) is 14.6. The van der Waals surface area contributed by atoms with Crippen molar-refractivity contribution in [3.63, 3.8) is 0 Å². The van der Waals surface area contributed by atoms with Gasteiger partial charge in [0.05, 0.1) is 17.0 Å². The molecule has 2 N–H and O–H groups in total. The highest BCUT2D eigenvalue weighted by molar-refractivity contribution is 6.04. The molecule has 0 saturated heterocycles. The number of aliphatic imine (C=N–C) groups is 1. The van der Waals surface area contributed by atoms with Crippen molar-refractivity contribution >= 4 is 40.5 Å². The summed E-state index contributed by atoms with van der Waals surface area (Å²) < 4.78 is 2.11. The molecule has 2 aromatic carbocycles. The van der Waals surface area contributed by atoms with Crippen LogP contribution < -0.4 is 10.6 Å². The summed E-state index contributed by atoms with van der Waals surface area (Å²) in [6, 6.07) is 20.0. The van der Waals surface area contributed by atoms with Crippen molar-refractivity contribution in [1.82, 2.24) is 14.9 Å². The maximum absolute atomic E-state index is 13.1. The SMILES string of the molecule is CCCCCCC/N=C(/CCc1cc(NC(=O)c2ccc(/C=C/c3cnc4ccccc4c3)cc2)cn1C)NCCCCCCC. The molecule has 0 saturated carbocycles. The van der Waals surface area contributed by atoms with Crippen LogP contribution in [0.25, 0.3) is 23.1 Å². The number of para-hydroxylation sites is 1. The van der Waals surface area contributed by atoms with Crippen molar-refractivity contribution in [1.29, 1.82) is 0 Å². The number of amides is 1. The average molecular weight is 620 g/mol. The highest BCUT2D eigenvalue weighted by atomic mass is 16.1. The molecule has 2 aromatic heterocycles. The Hall–Kier alpha value is -4.19. The molecule has 1 amide bonds. The number of carbonyl (C=O) groups excluding carboxylic acids is 1. The minimum atomic E-state index is -0.110. The zero-order valence-corrected chi connectivity index (χ0v) is 28.2. The van der Waals surface area contributed by atoms with Gasteiger partial charge in [0.25, 0.3) is 5.91 Å². The number of aromatic nitrogens is 2. The largest absolute Gasteiger partial charge is 0.374 e. The molecule has 0 aliphatic rings. The molecule has 244 valence electrons. The third kappa shape index (κ3) is 11.6. The number of nitrogens with zero attached hydrogens (tertiary/aromatic N) is 3. The van der Waals surface area contributed by atoms with E-state index in [4.69, 9.17) is 4.99 Å². The molecule has 4 rings (SSSR count). The predicted octanol–water partition coefficient (Wildman–Crippen LogP) is 9.86. The van der Waals surface area contributed by atoms with Gasteiger partial charge in [-0.25, -0.2) is 0 Å². The molecule has 0 aliphatic carbocycles. The van der Waals surface area contributed by atoms with E-state index in [1.807, 2.05) is 74.1 Å². The maximum atomic E-state index is 13.1. The fraction of sp³-hybridized carbons (Fsp3) is 0.425. The zero-order valence-electron chi connectivity index (χ0n) is 28.2. The molecule has 0 spiro atoms. The van der Waals surface area contributed by atoms with Gasteiger partial charge in [0.1, 0.15) is 0 Å². The van der Waals surface area contributed by atoms with E-state index in [0.717, 1.165) is 65.9 Å². The molecular formula is C40H53N5O. The fourth-order valence-electron chi connectivity index (χ4n) is 5.61. The molecule has 0 bridgehead atoms. The number of hydrogen-bond acceptors (Lipinski definition) is 3. The number of carbonyl (C=O) groups is 1. The number of nitrogens with one attached hydrogen (secondary N) is 2. The normalized spacial score (nSPS) is 11.8. The summed E-state index contributed by atoms with van der Waals surface area (Å²) >= 11 is 0. The van der Waals surface area contributed by atoms with Gasteiger partial charge in [-0.2, -0.15) is 0 Å². The highest BCUT2D eigenvalue weighted by Crippen LogP contribution is 2.18. The zero-order chi connectivity index (χ0) is 32.4. The average Bonchev–Trinajstić information content (AvgIpc) is 3.43. The van der Waals surface area contributed by atoms with Crippen molar-refractivity contribution in [2.45, 2.75) is 90.9 Å². The van der Waals surface area contributed by atoms with Crippen molar-refractivity contribution in [2.24, 2.45) is 12.0 Å². The highest BCUT2D eigenvalue weighted by Gasteiger charge is 2.10. The minimum Gasteiger partial charge on any atom is -0.374 e. The van der Waals surface area contributed by atoms with Gasteiger partial charge in [-0.15, -0.1) is 0 Å². The molecule has 6 nitrogen and oxygen atoms in total. The summed E-state index contributed by atoms with van der Waals surface area (Å²) in [7, 11) is 2.04. The van der Waals surface area contributed by atoms with Gasteiger partial charge in [-0.05, 0) is 60.7 Å². The van der Waals surface area contributed by atoms with Crippen LogP contribution in [-0.4, -0.2) is 34.4 Å². The standard InChI is InChI=1S/C40H53N5O/c1-4-6-8-10-14-26-41-39(42-27-15-11-9-7-5-2)25-24-37-29-36(31-45(37)3)44-40(46)34-22-20-32(21-23-34)18-19-33-28-35-16-12-13-17-38(35)43-30-33/h12-13,16-23,28-31H,4-11,14-15,24-27H2,1-3H3,(H,41,42)(H,44,46)/b19-18+. The fourth-order valence-corrected chi connectivity index (χ4v) is 5.61. The van der Waals surface area contributed by atoms with E-state index in [0.29, 0.717) is 5.56 Å². The summed E-state index contributed by atoms with van der Waals surface area (Å²) in [5.41, 5.74) is 5.68. The Balaban J connectivity index is 1.29. The Morgan fingerprint density at radius 1 is 0.848 bits per heavy atom. The number of unbranched alkanes of at least 4 members (excludes halogenated alkanes) is 8. The van der Waals surface area contributed by atoms with Crippen LogP contribution in [0.15, 0.2) is 78.0 Å². The number of benzene rings is 2. The lowest BCUT2D eigenvalue weighted by Gasteiger charge is -2.11. The van der Waals surface area contributed by atoms with Gasteiger partial charge in [0.15, 0.2) is 0 Å². The second kappa shape index (κ2) is 19.4. The van der Waals surface area contributed by atoms with E-state index in [1.165, 1.54) is 63.5 Å². The van der Waals surface area contributed by atoms with Crippen molar-refractivity contribution in [3.05, 3.63) is 95.4 Å². The van der Waals surface area contributed by atoms with Crippen molar-refractivity contribution < 1.29 is 4.79 Å². The van der Waals surface area contributed by atoms with Gasteiger partial charge in [-0.1, -0.05) is 108 Å². The summed E-state index contributed by atoms with van der Waals surface area (Å²) in [6.45, 7) is 6.39. The lowest BCUT2D eigenvalue weighted by Crippen LogP contribution is -2.25. The monoisotopic (exact) mass is 619 g/mol. The van der Waals surface area contributed by atoms with Gasteiger partial charge in [0.2, 0.25) is 0 Å². The summed E-state index contributed by atoms with van der Waals surface area (Å²) in [5, 5.41) is 7.85. The van der Waals surface area contributed by atoms with Crippen LogP contribution in [0.2, 0.25) is 0 Å². The lowest BCUT2D eigenvalue weighted by atomic mass is 10.1. The second-order valence-corrected chi connectivity index (χ2v) is 12.3. The molecule has 0 radical (unpaired) electrons. The van der Waals surface area contributed by atoms with Crippen LogP contribution in [0, 0.1) is 0 Å². The number of rotatable bonds is 19. The van der Waals surface area contributed by atoms with Crippen LogP contribution >= 0.6 is 0 Å². The number of amidine groups is 1. The second-order valence-electron chi connectivity index (χ2n) is 12.3. The van der Waals surface area contributed by atoms with E-state index in [-0.39, 0.29) is 5.91 Å². The van der Waals surface area contributed by atoms with E-state index in [2.05, 4.69) is 52.2 Å². The topological polar surface area (TPSA) is 71.3 Å². The Labute approximate surface area is 276 Å². The Morgan fingerprint density at radius 3 is 2.35 bits per heavy atom. The van der Waals surface area contributed by atoms with Gasteiger partial charge in [-0.3, -0.25) is 14.8 Å². The Bertz CT molecular complexity index is 1550. The summed E-state index contributed by atoms with van der Waals surface area (Å²) in [5.74, 6) is 1.00. The van der Waals surface area contributed by atoms with Gasteiger partial charge < -0.3 is 15.2 Å². The van der Waals surface area contributed by atoms with Crippen molar-refractivity contribution in [3.8, 4) is 0 Å². The molecule has 46 heavy (non-hydrogen) atoms. The van der Waals surface area contributed by atoms with E-state index in [9.17, 15) is 4.79 Å². The maximum Gasteiger partial charge on any atom is 0.255 e. The Morgan fingerprint density at radius 2 is 1.57 bits per heavy atom. The first-order valence-electron chi connectivity index (χ1n) is 17.4. The molecule has 0 atom stereocenters. The van der Waals surface area contributed by atoms with E-state index < -0.39 is 0 Å². The first kappa shape index (κ1) is 34.7. The number of aryl methyl sites for hydroxylation is 2. The minimum absolute atomic E-state index is 0.110. The first-order valence-corrected chi connectivity index (χ1v) is 17.4. The quantitative estimate of drug-likeness (QED) is 0.0623. The smallest absolute Gasteiger partial charge is 0.255 e. The molecule has 0 fully saturated rings. The molecule has 0 aliphatic heterocycles. The van der Waals surface area contributed by atoms with Crippen LogP contribution in [0.4, 0.5) is 5.69 Å². The van der Waals surface area contributed by atoms with Crippen LogP contribution in [0.3, 0.4) is 0 Å². The molecule has 6 heteroatoms. The van der Waals surface area contributed by atoms with Gasteiger partial charge >= 0.3 is 0 Å². The number of fused-ring (bicyclic) bond motifs is 1.